The first kappa shape index (κ1) is 15.9. The van der Waals surface area contributed by atoms with Crippen molar-refractivity contribution in [3.63, 3.8) is 0 Å². The van der Waals surface area contributed by atoms with Gasteiger partial charge in [0.1, 0.15) is 6.04 Å². The minimum Gasteiger partial charge on any atom is -0.383 e. The summed E-state index contributed by atoms with van der Waals surface area (Å²) in [4.78, 5) is 27.8. The van der Waals surface area contributed by atoms with Gasteiger partial charge in [0.15, 0.2) is 0 Å². The van der Waals surface area contributed by atoms with Crippen molar-refractivity contribution in [1.82, 2.24) is 15.6 Å². The average Bonchev–Trinajstić information content (AvgIpc) is 2.45. The molecule has 0 saturated heterocycles. The molecule has 110 valence electrons. The van der Waals surface area contributed by atoms with Gasteiger partial charge in [-0.1, -0.05) is 6.92 Å². The Hall–Kier alpha value is -2.11. The average molecular weight is 278 g/mol. The largest absolute Gasteiger partial charge is 0.383 e. The number of nitrogens with one attached hydrogen (secondary N) is 3. The first-order valence-corrected chi connectivity index (χ1v) is 6.86. The number of hydrogen-bond donors (Lipinski definition) is 3. The van der Waals surface area contributed by atoms with Gasteiger partial charge in [0, 0.05) is 19.3 Å². The van der Waals surface area contributed by atoms with Crippen LogP contribution < -0.4 is 16.0 Å². The summed E-state index contributed by atoms with van der Waals surface area (Å²) in [5.41, 5.74) is 1.17. The summed E-state index contributed by atoms with van der Waals surface area (Å²) in [5.74, 6) is -0.484. The predicted molar refractivity (Wildman–Crippen MR) is 78.6 cm³/mol. The molecule has 3 N–H and O–H groups in total. The summed E-state index contributed by atoms with van der Waals surface area (Å²) >= 11 is 0. The molecular formula is C14H22N4O2. The molecule has 0 saturated carbocycles. The van der Waals surface area contributed by atoms with Crippen molar-refractivity contribution >= 4 is 17.5 Å². The lowest BCUT2D eigenvalue weighted by molar-refractivity contribution is -0.122. The third-order valence-electron chi connectivity index (χ3n) is 2.72. The summed E-state index contributed by atoms with van der Waals surface area (Å²) in [7, 11) is 0. The molecule has 0 fully saturated rings. The van der Waals surface area contributed by atoms with Crippen LogP contribution in [-0.2, 0) is 4.79 Å². The second-order valence-corrected chi connectivity index (χ2v) is 4.44. The van der Waals surface area contributed by atoms with E-state index in [0.717, 1.165) is 13.0 Å². The van der Waals surface area contributed by atoms with Crippen LogP contribution in [-0.4, -0.2) is 35.9 Å². The summed E-state index contributed by atoms with van der Waals surface area (Å²) in [6.45, 7) is 6.83. The molecule has 1 atom stereocenters. The van der Waals surface area contributed by atoms with Crippen LogP contribution in [0.15, 0.2) is 18.5 Å². The molecule has 6 heteroatoms. The molecule has 0 bridgehead atoms. The monoisotopic (exact) mass is 278 g/mol. The van der Waals surface area contributed by atoms with Gasteiger partial charge in [-0.3, -0.25) is 14.6 Å². The molecule has 0 aromatic carbocycles. The Morgan fingerprint density at radius 2 is 2.10 bits per heavy atom. The van der Waals surface area contributed by atoms with E-state index in [1.54, 1.807) is 25.4 Å². The minimum absolute atomic E-state index is 0.196. The number of pyridine rings is 1. The zero-order valence-corrected chi connectivity index (χ0v) is 12.2. The van der Waals surface area contributed by atoms with Gasteiger partial charge in [0.05, 0.1) is 17.4 Å². The Labute approximate surface area is 119 Å². The van der Waals surface area contributed by atoms with Crippen molar-refractivity contribution in [2.75, 3.05) is 18.4 Å². The third-order valence-corrected chi connectivity index (χ3v) is 2.72. The van der Waals surface area contributed by atoms with E-state index in [1.165, 1.54) is 0 Å². The standard InChI is InChI=1S/C14H22N4O2/c1-4-7-17-12-9-15-8-6-11(12)14(20)18-10(3)13(19)16-5-2/h6,8-10,17H,4-5,7H2,1-3H3,(H,16,19)(H,18,20). The van der Waals surface area contributed by atoms with Crippen molar-refractivity contribution in [3.05, 3.63) is 24.0 Å². The molecule has 0 aliphatic heterocycles. The predicted octanol–water partition coefficient (Wildman–Crippen LogP) is 1.16. The molecule has 0 aliphatic carbocycles. The van der Waals surface area contributed by atoms with Crippen LogP contribution in [0.2, 0.25) is 0 Å². The molecule has 1 rings (SSSR count). The van der Waals surface area contributed by atoms with Gasteiger partial charge >= 0.3 is 0 Å². The Morgan fingerprint density at radius 3 is 2.75 bits per heavy atom. The van der Waals surface area contributed by atoms with Gasteiger partial charge in [0.25, 0.3) is 5.91 Å². The highest BCUT2D eigenvalue weighted by molar-refractivity contribution is 6.01. The van der Waals surface area contributed by atoms with Gasteiger partial charge in [-0.25, -0.2) is 0 Å². The van der Waals surface area contributed by atoms with E-state index in [1.807, 2.05) is 13.8 Å². The maximum absolute atomic E-state index is 12.2. The van der Waals surface area contributed by atoms with Crippen molar-refractivity contribution in [2.24, 2.45) is 0 Å². The van der Waals surface area contributed by atoms with E-state index < -0.39 is 6.04 Å². The van der Waals surface area contributed by atoms with Gasteiger partial charge < -0.3 is 16.0 Å². The molecule has 1 aromatic heterocycles. The first-order valence-electron chi connectivity index (χ1n) is 6.86. The van der Waals surface area contributed by atoms with Crippen molar-refractivity contribution < 1.29 is 9.59 Å². The minimum atomic E-state index is -0.574. The fraction of sp³-hybridized carbons (Fsp3) is 0.500. The molecule has 0 radical (unpaired) electrons. The van der Waals surface area contributed by atoms with Crippen LogP contribution in [0.5, 0.6) is 0 Å². The van der Waals surface area contributed by atoms with E-state index in [4.69, 9.17) is 0 Å². The van der Waals surface area contributed by atoms with Crippen LogP contribution in [0.25, 0.3) is 0 Å². The van der Waals surface area contributed by atoms with Crippen LogP contribution in [0, 0.1) is 0 Å². The molecule has 1 heterocycles. The smallest absolute Gasteiger partial charge is 0.254 e. The van der Waals surface area contributed by atoms with Gasteiger partial charge in [0.2, 0.25) is 5.91 Å². The Morgan fingerprint density at radius 1 is 1.35 bits per heavy atom. The van der Waals surface area contributed by atoms with E-state index >= 15 is 0 Å². The molecule has 1 aromatic rings. The quantitative estimate of drug-likeness (QED) is 0.699. The third kappa shape index (κ3) is 4.53. The normalized spacial score (nSPS) is 11.6. The Balaban J connectivity index is 2.74. The maximum atomic E-state index is 12.2. The molecule has 20 heavy (non-hydrogen) atoms. The molecule has 2 amide bonds. The maximum Gasteiger partial charge on any atom is 0.254 e. The molecule has 6 nitrogen and oxygen atoms in total. The van der Waals surface area contributed by atoms with Gasteiger partial charge in [-0.15, -0.1) is 0 Å². The number of carbonyl (C=O) groups is 2. The fourth-order valence-corrected chi connectivity index (χ4v) is 1.66. The molecular weight excluding hydrogens is 256 g/mol. The summed E-state index contributed by atoms with van der Waals surface area (Å²) in [5, 5.41) is 8.50. The van der Waals surface area contributed by atoms with Gasteiger partial charge in [-0.2, -0.15) is 0 Å². The number of rotatable bonds is 7. The van der Waals surface area contributed by atoms with Crippen molar-refractivity contribution in [1.29, 1.82) is 0 Å². The van der Waals surface area contributed by atoms with Crippen LogP contribution in [0.1, 0.15) is 37.6 Å². The Kier molecular flexibility index (Phi) is 6.49. The van der Waals surface area contributed by atoms with E-state index in [2.05, 4.69) is 20.9 Å². The first-order chi connectivity index (χ1) is 9.60. The van der Waals surface area contributed by atoms with Crippen LogP contribution >= 0.6 is 0 Å². The van der Waals surface area contributed by atoms with E-state index in [0.29, 0.717) is 17.8 Å². The number of amides is 2. The Bertz CT molecular complexity index is 462. The zero-order valence-electron chi connectivity index (χ0n) is 12.2. The summed E-state index contributed by atoms with van der Waals surface area (Å²) in [6, 6.07) is 1.06. The lowest BCUT2D eigenvalue weighted by Crippen LogP contribution is -2.44. The number of aromatic nitrogens is 1. The highest BCUT2D eigenvalue weighted by Crippen LogP contribution is 2.13. The number of nitrogens with zero attached hydrogens (tertiary/aromatic N) is 1. The highest BCUT2D eigenvalue weighted by atomic mass is 16.2. The number of likely N-dealkylation sites (N-methyl/N-ethyl adjacent to an activating group) is 1. The lowest BCUT2D eigenvalue weighted by Gasteiger charge is -2.15. The number of carbonyl (C=O) groups excluding carboxylic acids is 2. The summed E-state index contributed by atoms with van der Waals surface area (Å²) < 4.78 is 0. The SMILES string of the molecule is CCCNc1cnccc1C(=O)NC(C)C(=O)NCC. The molecule has 0 aliphatic rings. The fourth-order valence-electron chi connectivity index (χ4n) is 1.66. The van der Waals surface area contributed by atoms with Crippen molar-refractivity contribution in [3.8, 4) is 0 Å². The molecule has 0 spiro atoms. The zero-order chi connectivity index (χ0) is 15.0. The topological polar surface area (TPSA) is 83.1 Å². The van der Waals surface area contributed by atoms with Crippen molar-refractivity contribution in [2.45, 2.75) is 33.2 Å². The molecule has 1 unspecified atom stereocenters. The van der Waals surface area contributed by atoms with E-state index in [-0.39, 0.29) is 11.8 Å². The lowest BCUT2D eigenvalue weighted by atomic mass is 10.2. The second kappa shape index (κ2) is 8.14. The van der Waals surface area contributed by atoms with Crippen LogP contribution in [0.3, 0.4) is 0 Å². The van der Waals surface area contributed by atoms with Crippen LogP contribution in [0.4, 0.5) is 5.69 Å². The van der Waals surface area contributed by atoms with E-state index in [9.17, 15) is 9.59 Å². The number of hydrogen-bond acceptors (Lipinski definition) is 4. The second-order valence-electron chi connectivity index (χ2n) is 4.44. The van der Waals surface area contributed by atoms with Gasteiger partial charge in [-0.05, 0) is 26.3 Å². The number of anilines is 1. The highest BCUT2D eigenvalue weighted by Gasteiger charge is 2.17. The summed E-state index contributed by atoms with van der Waals surface area (Å²) in [6.07, 6.45) is 4.12.